The normalized spacial score (nSPS) is 11.2. The number of fused-ring (bicyclic) bond motifs is 12. The van der Waals surface area contributed by atoms with E-state index in [9.17, 15) is 0 Å². The summed E-state index contributed by atoms with van der Waals surface area (Å²) in [6.45, 7) is 0. The average molecular weight is 2200 g/mol. The summed E-state index contributed by atoms with van der Waals surface area (Å²) >= 11 is 0. The summed E-state index contributed by atoms with van der Waals surface area (Å²) in [5.41, 5.74) is 30.0. The predicted octanol–water partition coefficient (Wildman–Crippen LogP) is 28.4. The monoisotopic (exact) mass is 2190 g/mol. The molecule has 0 bridgehead atoms. The molecule has 9 aromatic heterocycles. The van der Waals surface area contributed by atoms with E-state index in [1.165, 1.54) is 5.56 Å². The molecule has 0 unspecified atom stereocenters. The summed E-state index contributed by atoms with van der Waals surface area (Å²) in [4.78, 5) is 28.7. The minimum absolute atomic E-state index is 0. The number of para-hydroxylation sites is 8. The number of hydrogen-bond donors (Lipinski definition) is 0. The second-order valence-corrected chi connectivity index (χ2v) is 30.7. The van der Waals surface area contributed by atoms with Crippen LogP contribution >= 0.6 is 0 Å². The predicted molar refractivity (Wildman–Crippen MR) is 506 cm³/mol. The first-order chi connectivity index (χ1) is 62.4. The second kappa shape index (κ2) is 35.7. The van der Waals surface area contributed by atoms with Gasteiger partial charge in [0.15, 0.2) is 0 Å². The number of nitrogens with zero attached hydrogens (tertiary/aromatic N) is 9. The molecule has 0 N–H and O–H groups in total. The van der Waals surface area contributed by atoms with Crippen LogP contribution in [0.25, 0.3) is 229 Å². The molecule has 15 heteroatoms. The first kappa shape index (κ1) is 82.1. The molecule has 0 spiro atoms. The topological polar surface area (TPSA) is 132 Å². The molecule has 0 radical (unpaired) electrons. The van der Waals surface area contributed by atoms with Gasteiger partial charge in [0.25, 0.3) is 0 Å². The Kier molecular flexibility index (Phi) is 22.7. The molecule has 25 aromatic rings. The van der Waals surface area contributed by atoms with Gasteiger partial charge in [-0.25, -0.2) is 0 Å². The van der Waals surface area contributed by atoms with Crippen LogP contribution in [0.1, 0.15) is 0 Å². The van der Waals surface area contributed by atoms with Gasteiger partial charge in [0, 0.05) is 28.9 Å². The molecule has 0 amide bonds. The van der Waals surface area contributed by atoms with Gasteiger partial charge in [-0.3, -0.25) is 19.9 Å². The molecular weight excluding hydrogens is 2130 g/mol. The number of oxazole rings is 3. The van der Waals surface area contributed by atoms with Gasteiger partial charge in [-0.1, -0.05) is 287 Å². The zero-order valence-corrected chi connectivity index (χ0v) is 75.2. The minimum atomic E-state index is 0. The van der Waals surface area contributed by atoms with Crippen LogP contribution in [-0.2, 0) is 63.2 Å². The summed E-state index contributed by atoms with van der Waals surface area (Å²) in [6.07, 6.45) is 3.74. The molecule has 16 aromatic carbocycles. The van der Waals surface area contributed by atoms with Crippen LogP contribution in [0.5, 0.6) is 0 Å². The first-order valence-corrected chi connectivity index (χ1v) is 41.6. The van der Waals surface area contributed by atoms with Gasteiger partial charge in [0.1, 0.15) is 34.4 Å². The molecule has 12 nitrogen and oxygen atoms in total. The quantitative estimate of drug-likeness (QED) is 0.104. The van der Waals surface area contributed by atoms with Crippen LogP contribution < -0.4 is 0 Å². The van der Waals surface area contributed by atoms with Gasteiger partial charge in [0.2, 0.25) is 0 Å². The fourth-order valence-electron chi connectivity index (χ4n) is 17.0. The maximum atomic E-state index is 6.37. The summed E-state index contributed by atoms with van der Waals surface area (Å²) in [5.74, 6) is 1.65. The number of hydrogen-bond acceptors (Lipinski definition) is 9. The van der Waals surface area contributed by atoms with E-state index >= 15 is 0 Å². The van der Waals surface area contributed by atoms with E-state index < -0.39 is 0 Å². The van der Waals surface area contributed by atoms with Crippen molar-refractivity contribution in [2.75, 3.05) is 0 Å². The third-order valence-corrected chi connectivity index (χ3v) is 23.0. The van der Waals surface area contributed by atoms with E-state index in [4.69, 9.17) is 38.2 Å². The third-order valence-electron chi connectivity index (χ3n) is 23.0. The van der Waals surface area contributed by atoms with Gasteiger partial charge in [0.05, 0.1) is 22.2 Å². The minimum Gasteiger partial charge on any atom is -0.481 e. The fraction of sp³-hybridized carbons (Fsp3) is 0. The van der Waals surface area contributed by atoms with E-state index in [1.807, 2.05) is 188 Å². The van der Waals surface area contributed by atoms with Crippen molar-refractivity contribution in [3.05, 3.63) is 443 Å². The van der Waals surface area contributed by atoms with Crippen molar-refractivity contribution in [2.45, 2.75) is 0 Å². The smallest absolute Gasteiger partial charge is 0.481 e. The SMILES string of the molecule is [Pt+2].[Pt+2].[Pt+2].[c-]1c(-c2ccc(-c3ccccc3)cn2)cccc1-n1c2[c-]c(-c3nc4ccccc4o3)ccc2c2ccccc21.[c-]1c(-c2cccc(-c3ccccc3)n2)cccc1-n1c2[c-]c(-c3nc4ccccc4o3)ccc2c2ccccc21.[c-]1c(-c2ccccn2)cccc1-n1c2[c-]c(-c3nc4ccccc4o3)c(-c3ccccc3)cc2c2cc(-c3ccccc3)ccc21. The van der Waals surface area contributed by atoms with Crippen LogP contribution in [0.2, 0.25) is 0 Å². The molecule has 0 saturated carbocycles. The number of aromatic nitrogens is 9. The van der Waals surface area contributed by atoms with Crippen molar-refractivity contribution in [1.29, 1.82) is 0 Å². The zero-order chi connectivity index (χ0) is 83.4. The largest absolute Gasteiger partial charge is 2.00 e. The Hall–Kier alpha value is -15.2. The van der Waals surface area contributed by atoms with Crippen molar-refractivity contribution in [3.8, 4) is 130 Å². The van der Waals surface area contributed by atoms with E-state index in [-0.39, 0.29) is 63.2 Å². The van der Waals surface area contributed by atoms with Crippen LogP contribution in [-0.4, -0.2) is 43.6 Å². The Balaban J connectivity index is 0.000000120. The number of rotatable bonds is 13. The Morgan fingerprint density at radius 2 is 0.636 bits per heavy atom. The Labute approximate surface area is 785 Å². The molecule has 0 atom stereocenters. The summed E-state index contributed by atoms with van der Waals surface area (Å²) < 4.78 is 25.2. The zero-order valence-electron chi connectivity index (χ0n) is 68.4. The van der Waals surface area contributed by atoms with Crippen LogP contribution in [0.15, 0.2) is 420 Å². The van der Waals surface area contributed by atoms with Gasteiger partial charge in [-0.05, 0) is 161 Å². The summed E-state index contributed by atoms with van der Waals surface area (Å²) in [7, 11) is 0. The fourth-order valence-corrected chi connectivity index (χ4v) is 17.0. The standard InChI is InChI=1S/C42H25N3O.2C36H21N3O.3Pt/c1-3-12-28(13-4-1)30-21-22-39-34(25-30)35-26-33(29-14-5-2-6-15-29)36(42-44-38-19-7-8-20-41(38)46-42)27-40(35)45(39)32-17-11-16-31(24-32)37-18-9-10-23-43-37;1-2-10-24(11-3-1)30-16-9-17-31(37-30)25-12-8-13-27(22-25)39-33-18-6-4-14-28(33)29-21-20-26(23-34(29)39)36-38-32-15-5-7-19-35(32)40-36;1-2-9-24(10-3-1)27-18-20-31(37-23-27)25-11-8-12-28(21-25)39-33-15-6-4-13-29(33)30-19-17-26(22-34(30)39)36-38-32-14-5-7-16-35(32)40-36;;;/h1-23,25-26H;1-21H;1-20,23H;;;/q3*-2;3*+2. The Bertz CT molecular complexity index is 8320. The summed E-state index contributed by atoms with van der Waals surface area (Å²) in [5, 5.41) is 6.75. The maximum Gasteiger partial charge on any atom is 2.00 e. The molecule has 616 valence electrons. The van der Waals surface area contributed by atoms with Gasteiger partial charge in [-0.2, -0.15) is 0 Å². The molecule has 0 saturated heterocycles. The van der Waals surface area contributed by atoms with E-state index in [1.54, 1.807) is 0 Å². The molecule has 0 aliphatic carbocycles. The summed E-state index contributed by atoms with van der Waals surface area (Å²) in [6, 6.07) is 156. The molecular formula is C114H67N9O3Pt3. The molecule has 0 aliphatic heterocycles. The second-order valence-electron chi connectivity index (χ2n) is 30.7. The number of benzene rings is 16. The molecule has 0 aliphatic rings. The molecule has 25 rings (SSSR count). The van der Waals surface area contributed by atoms with Crippen LogP contribution in [0, 0.1) is 36.4 Å². The molecule has 129 heavy (non-hydrogen) atoms. The number of pyridine rings is 3. The van der Waals surface area contributed by atoms with Crippen molar-refractivity contribution < 1.29 is 76.4 Å². The van der Waals surface area contributed by atoms with Crippen molar-refractivity contribution >= 4 is 98.7 Å². The van der Waals surface area contributed by atoms with Gasteiger partial charge >= 0.3 is 63.2 Å². The van der Waals surface area contributed by atoms with Crippen molar-refractivity contribution in [1.82, 2.24) is 43.6 Å². The van der Waals surface area contributed by atoms with E-state index in [0.29, 0.717) is 17.7 Å². The van der Waals surface area contributed by atoms with Crippen molar-refractivity contribution in [3.63, 3.8) is 0 Å². The average Bonchev–Trinajstić information content (AvgIpc) is 1.58. The van der Waals surface area contributed by atoms with Crippen LogP contribution in [0.3, 0.4) is 0 Å². The Morgan fingerprint density at radius 3 is 1.15 bits per heavy atom. The third kappa shape index (κ3) is 15.7. The van der Waals surface area contributed by atoms with Crippen LogP contribution in [0.4, 0.5) is 0 Å². The molecule has 0 fully saturated rings. The maximum absolute atomic E-state index is 6.37. The first-order valence-electron chi connectivity index (χ1n) is 41.6. The van der Waals surface area contributed by atoms with Gasteiger partial charge < -0.3 is 36.9 Å². The van der Waals surface area contributed by atoms with E-state index in [0.717, 1.165) is 205 Å². The van der Waals surface area contributed by atoms with Crippen molar-refractivity contribution in [2.24, 2.45) is 0 Å². The van der Waals surface area contributed by atoms with Gasteiger partial charge in [-0.15, -0.1) is 138 Å². The molecule has 9 heterocycles. The Morgan fingerprint density at radius 1 is 0.225 bits per heavy atom. The van der Waals surface area contributed by atoms with E-state index in [2.05, 4.69) is 273 Å².